The Balaban J connectivity index is 1.45. The Morgan fingerprint density at radius 3 is 2.75 bits per heavy atom. The van der Waals surface area contributed by atoms with Crippen LogP contribution in [0.3, 0.4) is 0 Å². The first-order valence-corrected chi connectivity index (χ1v) is 8.59. The van der Waals surface area contributed by atoms with E-state index in [1.807, 2.05) is 18.2 Å². The summed E-state index contributed by atoms with van der Waals surface area (Å²) in [5.74, 6) is 0.384. The fraction of sp³-hybridized carbons (Fsp3) is 0.353. The summed E-state index contributed by atoms with van der Waals surface area (Å²) in [6, 6.07) is 5.21. The number of rotatable bonds is 3. The van der Waals surface area contributed by atoms with E-state index in [1.54, 1.807) is 6.07 Å². The molecule has 2 fully saturated rings. The van der Waals surface area contributed by atoms with Crippen molar-refractivity contribution in [3.05, 3.63) is 46.0 Å². The molecule has 124 valence electrons. The van der Waals surface area contributed by atoms with Gasteiger partial charge in [-0.2, -0.15) is 0 Å². The summed E-state index contributed by atoms with van der Waals surface area (Å²) in [6.07, 6.45) is 4.90. The quantitative estimate of drug-likeness (QED) is 0.839. The average molecular weight is 364 g/mol. The maximum atomic E-state index is 11.8. The van der Waals surface area contributed by atoms with Crippen LogP contribution in [0.25, 0.3) is 0 Å². The van der Waals surface area contributed by atoms with Gasteiger partial charge in [-0.25, -0.2) is 4.79 Å². The predicted molar refractivity (Wildman–Crippen MR) is 92.6 cm³/mol. The monoisotopic (exact) mass is 363 g/mol. The van der Waals surface area contributed by atoms with E-state index in [-0.39, 0.29) is 36.4 Å². The van der Waals surface area contributed by atoms with Crippen LogP contribution in [0, 0.1) is 11.8 Å². The number of hydrogen-bond acceptors (Lipinski definition) is 3. The number of nitrogens with zero attached hydrogens (tertiary/aromatic N) is 2. The van der Waals surface area contributed by atoms with E-state index in [4.69, 9.17) is 23.2 Å². The smallest absolute Gasteiger partial charge is 0.324 e. The van der Waals surface area contributed by atoms with Crippen LogP contribution >= 0.6 is 23.2 Å². The van der Waals surface area contributed by atoms with Crippen molar-refractivity contribution >= 4 is 40.9 Å². The summed E-state index contributed by atoms with van der Waals surface area (Å²) >= 11 is 12.3. The van der Waals surface area contributed by atoms with Crippen LogP contribution in [-0.4, -0.2) is 41.7 Å². The molecular formula is C17H15Cl2N3O2. The minimum Gasteiger partial charge on any atom is -0.329 e. The first kappa shape index (κ1) is 15.7. The molecule has 1 N–H and O–H groups in total. The van der Waals surface area contributed by atoms with Crippen molar-refractivity contribution in [2.24, 2.45) is 16.8 Å². The number of amides is 3. The molecule has 3 aliphatic rings. The largest absolute Gasteiger partial charge is 0.329 e. The van der Waals surface area contributed by atoms with Crippen molar-refractivity contribution in [2.75, 3.05) is 13.1 Å². The Bertz CT molecular complexity index is 774. The molecule has 0 radical (unpaired) electrons. The maximum absolute atomic E-state index is 11.8. The van der Waals surface area contributed by atoms with E-state index in [9.17, 15) is 9.59 Å². The third-order valence-electron chi connectivity index (χ3n) is 4.77. The first-order chi connectivity index (χ1) is 11.6. The SMILES string of the molecule is O=C1CNC(=O)N1[C@@H]1C[C@H]1C1C=CC(c2cccc(Cl)c2Cl)=NC1. The van der Waals surface area contributed by atoms with E-state index < -0.39 is 0 Å². The lowest BCUT2D eigenvalue weighted by Crippen LogP contribution is -2.35. The van der Waals surface area contributed by atoms with Crippen LogP contribution in [0.5, 0.6) is 0 Å². The number of allylic oxidation sites excluding steroid dienone is 1. The number of dihydropyridines is 1. The summed E-state index contributed by atoms with van der Waals surface area (Å²) in [7, 11) is 0. The van der Waals surface area contributed by atoms with E-state index in [0.717, 1.165) is 17.7 Å². The maximum Gasteiger partial charge on any atom is 0.324 e. The van der Waals surface area contributed by atoms with Crippen molar-refractivity contribution in [3.8, 4) is 0 Å². The van der Waals surface area contributed by atoms with Crippen molar-refractivity contribution in [3.63, 3.8) is 0 Å². The molecule has 1 aromatic rings. The Labute approximate surface area is 149 Å². The summed E-state index contributed by atoms with van der Waals surface area (Å²) < 4.78 is 0. The number of carbonyl (C=O) groups excluding carboxylic acids is 2. The number of urea groups is 1. The Morgan fingerprint density at radius 1 is 1.25 bits per heavy atom. The number of aliphatic imine (C=N–C) groups is 1. The third kappa shape index (κ3) is 2.62. The number of halogens is 2. The van der Waals surface area contributed by atoms with Crippen molar-refractivity contribution in [2.45, 2.75) is 12.5 Å². The van der Waals surface area contributed by atoms with Crippen LogP contribution < -0.4 is 5.32 Å². The van der Waals surface area contributed by atoms with Crippen LogP contribution in [0.4, 0.5) is 4.79 Å². The van der Waals surface area contributed by atoms with Crippen molar-refractivity contribution in [1.29, 1.82) is 0 Å². The molecule has 1 aromatic carbocycles. The highest BCUT2D eigenvalue weighted by atomic mass is 35.5. The van der Waals surface area contributed by atoms with Gasteiger partial charge in [-0.3, -0.25) is 14.7 Å². The Hall–Kier alpha value is -1.85. The van der Waals surface area contributed by atoms with Crippen LogP contribution in [0.15, 0.2) is 35.3 Å². The molecule has 2 heterocycles. The summed E-state index contributed by atoms with van der Waals surface area (Å²) in [6.45, 7) is 0.734. The Morgan fingerprint density at radius 2 is 2.08 bits per heavy atom. The highest BCUT2D eigenvalue weighted by Crippen LogP contribution is 2.44. The van der Waals surface area contributed by atoms with E-state index in [0.29, 0.717) is 16.6 Å². The lowest BCUT2D eigenvalue weighted by atomic mass is 9.97. The van der Waals surface area contributed by atoms with Gasteiger partial charge >= 0.3 is 6.03 Å². The van der Waals surface area contributed by atoms with Crippen molar-refractivity contribution < 1.29 is 9.59 Å². The van der Waals surface area contributed by atoms with Gasteiger partial charge in [-0.1, -0.05) is 41.4 Å². The molecule has 2 aliphatic heterocycles. The fourth-order valence-electron chi connectivity index (χ4n) is 3.41. The molecule has 1 saturated heterocycles. The molecule has 0 spiro atoms. The van der Waals surface area contributed by atoms with Gasteiger partial charge in [0.25, 0.3) is 0 Å². The zero-order valence-corrected chi connectivity index (χ0v) is 14.2. The number of nitrogens with one attached hydrogen (secondary N) is 1. The minimum absolute atomic E-state index is 0.00107. The molecule has 1 saturated carbocycles. The molecule has 3 atom stereocenters. The Kier molecular flexibility index (Phi) is 3.85. The summed E-state index contributed by atoms with van der Waals surface area (Å²) in [5.41, 5.74) is 1.63. The standard InChI is InChI=1S/C17H15Cl2N3O2/c18-12-3-1-2-10(16(12)19)13-5-4-9(7-20-13)11-6-14(11)22-15(23)8-21-17(22)24/h1-5,9,11,14H,6-8H2,(H,21,24)/t9?,11-,14+/m0/s1. The highest BCUT2D eigenvalue weighted by Gasteiger charge is 2.51. The van der Waals surface area contributed by atoms with E-state index in [2.05, 4.69) is 16.4 Å². The molecule has 4 rings (SSSR count). The molecule has 1 aliphatic carbocycles. The van der Waals surface area contributed by atoms with Gasteiger partial charge in [-0.15, -0.1) is 0 Å². The lowest BCUT2D eigenvalue weighted by Gasteiger charge is -2.18. The van der Waals surface area contributed by atoms with E-state index >= 15 is 0 Å². The fourth-order valence-corrected chi connectivity index (χ4v) is 3.81. The lowest BCUT2D eigenvalue weighted by molar-refractivity contribution is -0.125. The second-order valence-electron chi connectivity index (χ2n) is 6.24. The molecule has 0 bridgehead atoms. The van der Waals surface area contributed by atoms with Gasteiger partial charge in [0.05, 0.1) is 22.3 Å². The van der Waals surface area contributed by atoms with Crippen molar-refractivity contribution in [1.82, 2.24) is 10.2 Å². The molecule has 3 amide bonds. The van der Waals surface area contributed by atoms with Gasteiger partial charge in [0, 0.05) is 24.1 Å². The van der Waals surface area contributed by atoms with E-state index in [1.165, 1.54) is 4.90 Å². The summed E-state index contributed by atoms with van der Waals surface area (Å²) in [5, 5.41) is 3.58. The molecule has 5 nitrogen and oxygen atoms in total. The zero-order chi connectivity index (χ0) is 16.8. The van der Waals surface area contributed by atoms with Gasteiger partial charge in [0.2, 0.25) is 5.91 Å². The van der Waals surface area contributed by atoms with Gasteiger partial charge in [0.15, 0.2) is 0 Å². The zero-order valence-electron chi connectivity index (χ0n) is 12.7. The third-order valence-corrected chi connectivity index (χ3v) is 5.58. The highest BCUT2D eigenvalue weighted by molar-refractivity contribution is 6.44. The average Bonchev–Trinajstić information content (AvgIpc) is 3.29. The molecule has 0 aromatic heterocycles. The number of benzene rings is 1. The van der Waals surface area contributed by atoms with Crippen LogP contribution in [-0.2, 0) is 4.79 Å². The molecule has 24 heavy (non-hydrogen) atoms. The van der Waals surface area contributed by atoms with Crippen LogP contribution in [0.2, 0.25) is 10.0 Å². The number of imide groups is 1. The van der Waals surface area contributed by atoms with Gasteiger partial charge < -0.3 is 5.32 Å². The van der Waals surface area contributed by atoms with Gasteiger partial charge in [0.1, 0.15) is 0 Å². The predicted octanol–water partition coefficient (Wildman–Crippen LogP) is 2.91. The molecule has 7 heteroatoms. The van der Waals surface area contributed by atoms with Crippen LogP contribution in [0.1, 0.15) is 12.0 Å². The number of hydrogen-bond donors (Lipinski definition) is 1. The van der Waals surface area contributed by atoms with Gasteiger partial charge in [-0.05, 0) is 24.5 Å². The molecule has 1 unspecified atom stereocenters. The minimum atomic E-state index is -0.276. The first-order valence-electron chi connectivity index (χ1n) is 7.83. The normalized spacial score (nSPS) is 28.8. The topological polar surface area (TPSA) is 61.8 Å². The second kappa shape index (κ2) is 5.90. The molecular weight excluding hydrogens is 349 g/mol. The second-order valence-corrected chi connectivity index (χ2v) is 7.02. The number of carbonyl (C=O) groups is 2. The summed E-state index contributed by atoms with van der Waals surface area (Å²) in [4.78, 5) is 29.5.